The van der Waals surface area contributed by atoms with Gasteiger partial charge < -0.3 is 0 Å². The zero-order chi connectivity index (χ0) is 9.30. The van der Waals surface area contributed by atoms with Crippen molar-refractivity contribution in [3.63, 3.8) is 0 Å². The molecule has 0 fully saturated rings. The smallest absolute Gasteiger partial charge is 0.217 e. The summed E-state index contributed by atoms with van der Waals surface area (Å²) in [6.07, 6.45) is 1.53. The van der Waals surface area contributed by atoms with Crippen LogP contribution in [0.2, 0.25) is 0 Å². The highest BCUT2D eigenvalue weighted by molar-refractivity contribution is 9.10. The summed E-state index contributed by atoms with van der Waals surface area (Å²) in [6, 6.07) is 0. The summed E-state index contributed by atoms with van der Waals surface area (Å²) in [4.78, 5) is 3.66. The van der Waals surface area contributed by atoms with Gasteiger partial charge in [-0.1, -0.05) is 29.8 Å². The average molecular weight is 232 g/mol. The van der Waals surface area contributed by atoms with Gasteiger partial charge in [-0.05, 0) is 18.4 Å². The number of rotatable bonds is 1. The molecule has 1 rings (SSSR count). The van der Waals surface area contributed by atoms with E-state index in [2.05, 4.69) is 20.9 Å². The van der Waals surface area contributed by atoms with Gasteiger partial charge in [-0.15, -0.1) is 0 Å². The minimum absolute atomic E-state index is 0.159. The van der Waals surface area contributed by atoms with Crippen LogP contribution >= 0.6 is 15.9 Å². The van der Waals surface area contributed by atoms with Crippen molar-refractivity contribution in [2.24, 2.45) is 0 Å². The molecule has 0 unspecified atom stereocenters. The largest absolute Gasteiger partial charge is 0.228 e. The second-order valence-electron chi connectivity index (χ2n) is 3.11. The summed E-state index contributed by atoms with van der Waals surface area (Å²) < 4.78 is 14.0. The summed E-state index contributed by atoms with van der Waals surface area (Å²) in [5.74, 6) is -0.214. The minimum Gasteiger partial charge on any atom is -0.228 e. The number of aryl methyl sites for hydroxylation is 1. The van der Waals surface area contributed by atoms with Crippen molar-refractivity contribution in [3.8, 4) is 0 Å². The minimum atomic E-state index is -0.373. The lowest BCUT2D eigenvalue weighted by molar-refractivity contribution is 0.553. The van der Waals surface area contributed by atoms with Crippen LogP contribution in [0.5, 0.6) is 0 Å². The maximum absolute atomic E-state index is 13.1. The maximum atomic E-state index is 13.1. The summed E-state index contributed by atoms with van der Waals surface area (Å²) in [5.41, 5.74) is 1.63. The standard InChI is InChI=1S/C9H11BrFN/c1-5(2)7-8(10)6(3)4-12-9(7)11/h4-5H,1-3H3. The van der Waals surface area contributed by atoms with Gasteiger partial charge in [0.05, 0.1) is 0 Å². The molecule has 0 atom stereocenters. The molecule has 1 aromatic rings. The first-order valence-corrected chi connectivity index (χ1v) is 4.63. The number of nitrogens with zero attached hydrogens (tertiary/aromatic N) is 1. The Hall–Kier alpha value is -0.440. The second-order valence-corrected chi connectivity index (χ2v) is 3.91. The summed E-state index contributed by atoms with van der Waals surface area (Å²) in [6.45, 7) is 5.80. The number of hydrogen-bond acceptors (Lipinski definition) is 1. The third-order valence-electron chi connectivity index (χ3n) is 1.75. The van der Waals surface area contributed by atoms with Crippen LogP contribution in [0, 0.1) is 12.9 Å². The molecule has 1 heterocycles. The molecule has 3 heteroatoms. The van der Waals surface area contributed by atoms with Crippen molar-refractivity contribution in [1.29, 1.82) is 0 Å². The molecule has 0 aliphatic heterocycles. The first-order valence-electron chi connectivity index (χ1n) is 3.84. The quantitative estimate of drug-likeness (QED) is 0.676. The Morgan fingerprint density at radius 1 is 1.50 bits per heavy atom. The summed E-state index contributed by atoms with van der Waals surface area (Å²) in [7, 11) is 0. The Morgan fingerprint density at radius 3 is 2.50 bits per heavy atom. The van der Waals surface area contributed by atoms with Crippen molar-refractivity contribution >= 4 is 15.9 Å². The zero-order valence-corrected chi connectivity index (χ0v) is 8.94. The highest BCUT2D eigenvalue weighted by atomic mass is 79.9. The highest BCUT2D eigenvalue weighted by Crippen LogP contribution is 2.28. The molecule has 0 amide bonds. The van der Waals surface area contributed by atoms with Crippen molar-refractivity contribution in [3.05, 3.63) is 27.7 Å². The van der Waals surface area contributed by atoms with Crippen LogP contribution in [0.1, 0.15) is 30.9 Å². The maximum Gasteiger partial charge on any atom is 0.217 e. The first-order chi connectivity index (χ1) is 5.54. The molecule has 0 radical (unpaired) electrons. The molecule has 12 heavy (non-hydrogen) atoms. The van der Waals surface area contributed by atoms with E-state index in [0.29, 0.717) is 5.56 Å². The SMILES string of the molecule is Cc1cnc(F)c(C(C)C)c1Br. The first kappa shape index (κ1) is 9.65. The van der Waals surface area contributed by atoms with Crippen molar-refractivity contribution in [1.82, 2.24) is 4.98 Å². The molecule has 66 valence electrons. The molecule has 0 aliphatic rings. The molecular weight excluding hydrogens is 221 g/mol. The van der Waals surface area contributed by atoms with E-state index in [-0.39, 0.29) is 11.9 Å². The highest BCUT2D eigenvalue weighted by Gasteiger charge is 2.13. The van der Waals surface area contributed by atoms with Crippen LogP contribution in [0.15, 0.2) is 10.7 Å². The summed E-state index contributed by atoms with van der Waals surface area (Å²) in [5, 5.41) is 0. The fourth-order valence-corrected chi connectivity index (χ4v) is 1.80. The van der Waals surface area contributed by atoms with Gasteiger partial charge in [-0.25, -0.2) is 4.98 Å². The molecule has 0 spiro atoms. The molecule has 0 N–H and O–H groups in total. The third-order valence-corrected chi connectivity index (χ3v) is 2.81. The normalized spacial score (nSPS) is 10.8. The Bertz CT molecular complexity index is 297. The molecular formula is C9H11BrFN. The zero-order valence-electron chi connectivity index (χ0n) is 7.36. The Morgan fingerprint density at radius 2 is 2.08 bits per heavy atom. The molecule has 0 aromatic carbocycles. The van der Waals surface area contributed by atoms with Crippen molar-refractivity contribution < 1.29 is 4.39 Å². The fourth-order valence-electron chi connectivity index (χ4n) is 1.07. The van der Waals surface area contributed by atoms with Crippen LogP contribution < -0.4 is 0 Å². The van der Waals surface area contributed by atoms with E-state index in [1.807, 2.05) is 20.8 Å². The molecule has 1 aromatic heterocycles. The Kier molecular flexibility index (Phi) is 2.83. The van der Waals surface area contributed by atoms with Gasteiger partial charge in [0.15, 0.2) is 0 Å². The predicted octanol–water partition coefficient (Wildman–Crippen LogP) is 3.42. The Labute approximate surface area is 80.1 Å². The van der Waals surface area contributed by atoms with Crippen LogP contribution in [-0.4, -0.2) is 4.98 Å². The number of hydrogen-bond donors (Lipinski definition) is 0. The lowest BCUT2D eigenvalue weighted by atomic mass is 10.0. The lowest BCUT2D eigenvalue weighted by Crippen LogP contribution is -1.99. The molecule has 0 aliphatic carbocycles. The monoisotopic (exact) mass is 231 g/mol. The third kappa shape index (κ3) is 1.66. The van der Waals surface area contributed by atoms with Crippen molar-refractivity contribution in [2.75, 3.05) is 0 Å². The molecule has 1 nitrogen and oxygen atoms in total. The van der Waals surface area contributed by atoms with Crippen LogP contribution in [-0.2, 0) is 0 Å². The molecule has 0 saturated carbocycles. The Balaban J connectivity index is 3.33. The fraction of sp³-hybridized carbons (Fsp3) is 0.444. The van der Waals surface area contributed by atoms with E-state index < -0.39 is 0 Å². The second kappa shape index (κ2) is 3.52. The van der Waals surface area contributed by atoms with Gasteiger partial charge in [-0.2, -0.15) is 4.39 Å². The van der Waals surface area contributed by atoms with Gasteiger partial charge >= 0.3 is 0 Å². The van der Waals surface area contributed by atoms with Crippen LogP contribution in [0.25, 0.3) is 0 Å². The average Bonchev–Trinajstić information content (AvgIpc) is 1.97. The van der Waals surface area contributed by atoms with E-state index in [4.69, 9.17) is 0 Å². The van der Waals surface area contributed by atoms with E-state index >= 15 is 0 Å². The number of pyridine rings is 1. The predicted molar refractivity (Wildman–Crippen MR) is 50.7 cm³/mol. The van der Waals surface area contributed by atoms with E-state index in [0.717, 1.165) is 10.0 Å². The van der Waals surface area contributed by atoms with Crippen LogP contribution in [0.4, 0.5) is 4.39 Å². The number of halogens is 2. The van der Waals surface area contributed by atoms with Gasteiger partial charge in [0.1, 0.15) is 0 Å². The van der Waals surface area contributed by atoms with Gasteiger partial charge in [0.2, 0.25) is 5.95 Å². The van der Waals surface area contributed by atoms with Crippen LogP contribution in [0.3, 0.4) is 0 Å². The van der Waals surface area contributed by atoms with E-state index in [1.54, 1.807) is 0 Å². The van der Waals surface area contributed by atoms with Crippen molar-refractivity contribution in [2.45, 2.75) is 26.7 Å². The molecule has 0 saturated heterocycles. The lowest BCUT2D eigenvalue weighted by Gasteiger charge is -2.10. The van der Waals surface area contributed by atoms with Gasteiger partial charge in [-0.3, -0.25) is 0 Å². The van der Waals surface area contributed by atoms with Gasteiger partial charge in [0.25, 0.3) is 0 Å². The summed E-state index contributed by atoms with van der Waals surface area (Å²) >= 11 is 3.35. The molecule has 0 bridgehead atoms. The number of aromatic nitrogens is 1. The topological polar surface area (TPSA) is 12.9 Å². The van der Waals surface area contributed by atoms with Gasteiger partial charge in [0, 0.05) is 16.2 Å². The van der Waals surface area contributed by atoms with E-state index in [1.165, 1.54) is 6.20 Å². The van der Waals surface area contributed by atoms with E-state index in [9.17, 15) is 4.39 Å².